The molecule has 4 heterocycles. The Labute approximate surface area is 297 Å². The molecular formula is C45H26N4O2. The maximum absolute atomic E-state index is 8.76. The molecule has 0 saturated carbocycles. The average molecular weight is 660 g/mol. The summed E-state index contributed by atoms with van der Waals surface area (Å²) in [5.41, 5.74) is 6.97. The molecule has 0 fully saturated rings. The van der Waals surface area contributed by atoms with Crippen LogP contribution in [0.5, 0.6) is 0 Å². The Kier molecular flexibility index (Phi) is 4.91. The van der Waals surface area contributed by atoms with Gasteiger partial charge in [0.2, 0.25) is 0 Å². The summed E-state index contributed by atoms with van der Waals surface area (Å²) in [6.45, 7) is 0. The fourth-order valence-corrected chi connectivity index (χ4v) is 7.30. The summed E-state index contributed by atoms with van der Waals surface area (Å²) < 4.78 is 57.4. The van der Waals surface area contributed by atoms with Crippen molar-refractivity contribution in [2.75, 3.05) is 0 Å². The fraction of sp³-hybridized carbons (Fsp3) is 0. The minimum Gasteiger partial charge on any atom is -0.456 e. The molecule has 0 amide bonds. The molecule has 51 heavy (non-hydrogen) atoms. The fourth-order valence-electron chi connectivity index (χ4n) is 7.30. The summed E-state index contributed by atoms with van der Waals surface area (Å²) in [6, 6.07) is 39.8. The van der Waals surface area contributed by atoms with E-state index in [-0.39, 0.29) is 23.0 Å². The lowest BCUT2D eigenvalue weighted by molar-refractivity contribution is 0.668. The second-order valence-corrected chi connectivity index (χ2v) is 12.4. The first kappa shape index (κ1) is 23.3. The molecule has 238 valence electrons. The predicted molar refractivity (Wildman–Crippen MR) is 205 cm³/mol. The smallest absolute Gasteiger partial charge is 0.164 e. The van der Waals surface area contributed by atoms with Gasteiger partial charge in [-0.25, -0.2) is 15.0 Å². The maximum Gasteiger partial charge on any atom is 0.164 e. The molecule has 11 aromatic rings. The Morgan fingerprint density at radius 3 is 1.84 bits per heavy atom. The van der Waals surface area contributed by atoms with Gasteiger partial charge in [-0.3, -0.25) is 0 Å². The van der Waals surface area contributed by atoms with Gasteiger partial charge in [-0.15, -0.1) is 0 Å². The quantitative estimate of drug-likeness (QED) is 0.188. The third-order valence-corrected chi connectivity index (χ3v) is 9.56. The normalized spacial score (nSPS) is 13.3. The minimum absolute atomic E-state index is 0.0488. The molecule has 7 aromatic carbocycles. The zero-order valence-corrected chi connectivity index (χ0v) is 26.7. The van der Waals surface area contributed by atoms with Crippen molar-refractivity contribution in [3.63, 3.8) is 0 Å². The molecule has 11 rings (SSSR count). The molecule has 0 aliphatic carbocycles. The summed E-state index contributed by atoms with van der Waals surface area (Å²) in [7, 11) is 0. The number of hydrogen-bond donors (Lipinski definition) is 0. The molecule has 0 spiro atoms. The minimum atomic E-state index is -0.496. The molecule has 0 aliphatic heterocycles. The molecule has 0 N–H and O–H groups in total. The monoisotopic (exact) mass is 659 g/mol. The highest BCUT2D eigenvalue weighted by atomic mass is 16.3. The Morgan fingerprint density at radius 1 is 0.451 bits per heavy atom. The van der Waals surface area contributed by atoms with Crippen LogP contribution in [0.4, 0.5) is 0 Å². The second kappa shape index (κ2) is 10.7. The predicted octanol–water partition coefficient (Wildman–Crippen LogP) is 11.8. The van der Waals surface area contributed by atoms with Crippen LogP contribution in [0.15, 0.2) is 166 Å². The van der Waals surface area contributed by atoms with E-state index in [1.165, 1.54) is 10.8 Å². The molecule has 0 aliphatic rings. The zero-order chi connectivity index (χ0) is 37.8. The van der Waals surface area contributed by atoms with Crippen molar-refractivity contribution in [1.82, 2.24) is 19.5 Å². The van der Waals surface area contributed by atoms with Crippen LogP contribution in [0, 0.1) is 0 Å². The van der Waals surface area contributed by atoms with Crippen LogP contribution < -0.4 is 0 Å². The maximum atomic E-state index is 8.76. The van der Waals surface area contributed by atoms with Crippen LogP contribution in [-0.4, -0.2) is 19.5 Å². The number of furan rings is 2. The number of fused-ring (bicyclic) bond motifs is 9. The van der Waals surface area contributed by atoms with E-state index in [4.69, 9.17) is 30.6 Å². The van der Waals surface area contributed by atoms with Crippen molar-refractivity contribution in [1.29, 1.82) is 0 Å². The Hall–Kier alpha value is -7.05. The van der Waals surface area contributed by atoms with Gasteiger partial charge >= 0.3 is 0 Å². The van der Waals surface area contributed by atoms with Crippen molar-refractivity contribution < 1.29 is 15.7 Å². The van der Waals surface area contributed by atoms with Gasteiger partial charge < -0.3 is 13.4 Å². The van der Waals surface area contributed by atoms with Gasteiger partial charge in [-0.1, -0.05) is 103 Å². The van der Waals surface area contributed by atoms with Crippen molar-refractivity contribution >= 4 is 65.7 Å². The third kappa shape index (κ3) is 4.26. The molecule has 6 nitrogen and oxygen atoms in total. The van der Waals surface area contributed by atoms with E-state index in [1.807, 2.05) is 72.8 Å². The van der Waals surface area contributed by atoms with E-state index in [1.54, 1.807) is 0 Å². The first-order valence-electron chi connectivity index (χ1n) is 19.0. The lowest BCUT2D eigenvalue weighted by Crippen LogP contribution is -2.00. The van der Waals surface area contributed by atoms with E-state index >= 15 is 0 Å². The number of benzene rings is 7. The number of para-hydroxylation sites is 3. The first-order valence-corrected chi connectivity index (χ1v) is 16.5. The molecule has 4 aromatic heterocycles. The zero-order valence-electron chi connectivity index (χ0n) is 31.7. The summed E-state index contributed by atoms with van der Waals surface area (Å²) in [5, 5.41) is 5.87. The number of aromatic nitrogens is 4. The topological polar surface area (TPSA) is 69.9 Å². The van der Waals surface area contributed by atoms with E-state index in [0.717, 1.165) is 38.3 Å². The SMILES string of the molecule is [2H]c1c([2H])c([2H])c(-c2nc(-c3ccc4c(c3)oc3cc(-n5c6ccccc6c6ccccc65)ccc34)nc(-c3cccc4oc5ccccc5c34)n2)c([2H])c1[2H]. The molecule has 0 unspecified atom stereocenters. The summed E-state index contributed by atoms with van der Waals surface area (Å²) >= 11 is 0. The lowest BCUT2D eigenvalue weighted by Gasteiger charge is -2.09. The standard InChI is InChI=1S/C45H26N4O2/c1-2-11-27(12-3-1)43-46-44(48-45(47-43)35-16-10-20-39-42(35)34-15-6-9-19-38(34)50-39)28-21-23-32-33-24-22-29(26-41(33)51-40(32)25-28)49-36-17-7-4-13-30(36)31-14-5-8-18-37(31)49/h1-26H/i1D,2D,3D,11D,12D. The summed E-state index contributed by atoms with van der Waals surface area (Å²) in [4.78, 5) is 14.5. The average Bonchev–Trinajstić information content (AvgIpc) is 3.91. The lowest BCUT2D eigenvalue weighted by atomic mass is 10.1. The van der Waals surface area contributed by atoms with Gasteiger partial charge in [0.1, 0.15) is 22.3 Å². The van der Waals surface area contributed by atoms with E-state index in [9.17, 15) is 0 Å². The van der Waals surface area contributed by atoms with Crippen LogP contribution in [0.25, 0.3) is 106 Å². The largest absolute Gasteiger partial charge is 0.456 e. The highest BCUT2D eigenvalue weighted by Gasteiger charge is 2.19. The highest BCUT2D eigenvalue weighted by Crippen LogP contribution is 2.38. The van der Waals surface area contributed by atoms with Gasteiger partial charge in [-0.05, 0) is 48.5 Å². The van der Waals surface area contributed by atoms with Crippen molar-refractivity contribution in [3.05, 3.63) is 158 Å². The van der Waals surface area contributed by atoms with Crippen molar-refractivity contribution in [2.24, 2.45) is 0 Å². The van der Waals surface area contributed by atoms with Gasteiger partial charge in [0.15, 0.2) is 17.5 Å². The van der Waals surface area contributed by atoms with Crippen molar-refractivity contribution in [2.45, 2.75) is 0 Å². The van der Waals surface area contributed by atoms with Crippen LogP contribution in [-0.2, 0) is 0 Å². The molecule has 6 heteroatoms. The van der Waals surface area contributed by atoms with E-state index in [2.05, 4.69) is 59.2 Å². The van der Waals surface area contributed by atoms with Crippen LogP contribution >= 0.6 is 0 Å². The molecule has 0 radical (unpaired) electrons. The summed E-state index contributed by atoms with van der Waals surface area (Å²) in [6.07, 6.45) is 0. The van der Waals surface area contributed by atoms with E-state index < -0.39 is 30.2 Å². The van der Waals surface area contributed by atoms with Gasteiger partial charge in [0, 0.05) is 60.8 Å². The summed E-state index contributed by atoms with van der Waals surface area (Å²) in [5.74, 6) is 0.455. The number of hydrogen-bond acceptors (Lipinski definition) is 5. The molecule has 0 atom stereocenters. The third-order valence-electron chi connectivity index (χ3n) is 9.56. The first-order chi connectivity index (χ1) is 27.3. The Morgan fingerprint density at radius 2 is 1.06 bits per heavy atom. The van der Waals surface area contributed by atoms with Gasteiger partial charge in [0.25, 0.3) is 0 Å². The second-order valence-electron chi connectivity index (χ2n) is 12.4. The number of rotatable bonds is 4. The number of nitrogens with zero attached hydrogens (tertiary/aromatic N) is 4. The van der Waals surface area contributed by atoms with Gasteiger partial charge in [-0.2, -0.15) is 0 Å². The van der Waals surface area contributed by atoms with Crippen molar-refractivity contribution in [3.8, 4) is 39.9 Å². The van der Waals surface area contributed by atoms with E-state index in [0.29, 0.717) is 33.5 Å². The van der Waals surface area contributed by atoms with Crippen LogP contribution in [0.2, 0.25) is 0 Å². The molecular weight excluding hydrogens is 629 g/mol. The Balaban J connectivity index is 1.11. The molecule has 0 saturated heterocycles. The Bertz CT molecular complexity index is 3380. The molecule has 0 bridgehead atoms. The van der Waals surface area contributed by atoms with Gasteiger partial charge in [0.05, 0.1) is 17.9 Å². The highest BCUT2D eigenvalue weighted by molar-refractivity contribution is 6.12. The van der Waals surface area contributed by atoms with Crippen LogP contribution in [0.1, 0.15) is 6.85 Å². The van der Waals surface area contributed by atoms with Crippen LogP contribution in [0.3, 0.4) is 0 Å².